The number of fused-ring (bicyclic) bond motifs is 1. The van der Waals surface area contributed by atoms with Gasteiger partial charge in [-0.05, 0) is 11.4 Å². The zero-order valence-electron chi connectivity index (χ0n) is 7.92. The molecule has 0 bridgehead atoms. The number of rotatable bonds is 1. The van der Waals surface area contributed by atoms with Crippen LogP contribution in [0.3, 0.4) is 0 Å². The molecule has 72 valence electrons. The minimum atomic E-state index is 1.02. The van der Waals surface area contributed by atoms with E-state index in [0.717, 1.165) is 21.5 Å². The summed E-state index contributed by atoms with van der Waals surface area (Å²) in [6, 6.07) is 12.2. The van der Waals surface area contributed by atoms with Crippen LogP contribution in [-0.4, -0.2) is 9.97 Å². The fourth-order valence-electron chi connectivity index (χ4n) is 1.59. The zero-order valence-corrected chi connectivity index (χ0v) is 8.74. The SMILES string of the molecule is c1ccc(-c2ncnc3ccsc23)cc1. The van der Waals surface area contributed by atoms with Crippen molar-refractivity contribution in [3.8, 4) is 11.3 Å². The summed E-state index contributed by atoms with van der Waals surface area (Å²) in [6.45, 7) is 0. The summed E-state index contributed by atoms with van der Waals surface area (Å²) in [4.78, 5) is 8.58. The molecule has 15 heavy (non-hydrogen) atoms. The van der Waals surface area contributed by atoms with E-state index in [2.05, 4.69) is 22.1 Å². The average Bonchev–Trinajstić information content (AvgIpc) is 2.78. The fraction of sp³-hybridized carbons (Fsp3) is 0. The molecule has 0 unspecified atom stereocenters. The van der Waals surface area contributed by atoms with Crippen LogP contribution < -0.4 is 0 Å². The lowest BCUT2D eigenvalue weighted by molar-refractivity contribution is 1.23. The molecule has 0 aliphatic rings. The summed E-state index contributed by atoms with van der Waals surface area (Å²) in [5.41, 5.74) is 3.19. The molecule has 0 N–H and O–H groups in total. The number of aromatic nitrogens is 2. The monoisotopic (exact) mass is 212 g/mol. The Morgan fingerprint density at radius 1 is 0.933 bits per heavy atom. The standard InChI is InChI=1S/C12H8N2S/c1-2-4-9(5-3-1)11-12-10(6-7-15-12)13-8-14-11/h1-8H. The van der Waals surface area contributed by atoms with E-state index in [9.17, 15) is 0 Å². The molecule has 0 spiro atoms. The van der Waals surface area contributed by atoms with E-state index in [0.29, 0.717) is 0 Å². The summed E-state index contributed by atoms with van der Waals surface area (Å²) < 4.78 is 1.16. The quantitative estimate of drug-likeness (QED) is 0.618. The zero-order chi connectivity index (χ0) is 10.1. The van der Waals surface area contributed by atoms with Crippen LogP contribution in [0.25, 0.3) is 21.5 Å². The minimum absolute atomic E-state index is 1.02. The van der Waals surface area contributed by atoms with Gasteiger partial charge in [0.2, 0.25) is 0 Å². The molecule has 0 aliphatic carbocycles. The van der Waals surface area contributed by atoms with Gasteiger partial charge in [0, 0.05) is 5.56 Å². The van der Waals surface area contributed by atoms with Crippen LogP contribution in [0.4, 0.5) is 0 Å². The van der Waals surface area contributed by atoms with Crippen molar-refractivity contribution in [3.63, 3.8) is 0 Å². The molecule has 1 aromatic carbocycles. The number of thiophene rings is 1. The van der Waals surface area contributed by atoms with Gasteiger partial charge in [0.05, 0.1) is 15.9 Å². The Bertz CT molecular complexity index is 587. The first-order valence-corrected chi connectivity index (χ1v) is 5.57. The molecule has 0 saturated heterocycles. The van der Waals surface area contributed by atoms with Gasteiger partial charge in [-0.1, -0.05) is 30.3 Å². The summed E-state index contributed by atoms with van der Waals surface area (Å²) in [5.74, 6) is 0. The van der Waals surface area contributed by atoms with Gasteiger partial charge in [0.1, 0.15) is 6.33 Å². The van der Waals surface area contributed by atoms with Gasteiger partial charge in [-0.25, -0.2) is 9.97 Å². The van der Waals surface area contributed by atoms with Gasteiger partial charge in [0.25, 0.3) is 0 Å². The maximum absolute atomic E-state index is 4.35. The lowest BCUT2D eigenvalue weighted by Crippen LogP contribution is -1.84. The highest BCUT2D eigenvalue weighted by molar-refractivity contribution is 7.17. The van der Waals surface area contributed by atoms with Gasteiger partial charge in [-0.15, -0.1) is 11.3 Å². The minimum Gasteiger partial charge on any atom is -0.235 e. The Balaban J connectivity index is 2.31. The van der Waals surface area contributed by atoms with Crippen molar-refractivity contribution in [2.75, 3.05) is 0 Å². The van der Waals surface area contributed by atoms with Crippen LogP contribution in [0.2, 0.25) is 0 Å². The van der Waals surface area contributed by atoms with Crippen molar-refractivity contribution in [3.05, 3.63) is 48.1 Å². The van der Waals surface area contributed by atoms with E-state index >= 15 is 0 Å². The molecule has 3 rings (SSSR count). The third kappa shape index (κ3) is 1.41. The third-order valence-corrected chi connectivity index (χ3v) is 3.20. The second-order valence-corrected chi connectivity index (χ2v) is 4.14. The lowest BCUT2D eigenvalue weighted by Gasteiger charge is -2.00. The smallest absolute Gasteiger partial charge is 0.116 e. The number of hydrogen-bond acceptors (Lipinski definition) is 3. The Labute approximate surface area is 91.2 Å². The van der Waals surface area contributed by atoms with E-state index in [1.165, 1.54) is 0 Å². The van der Waals surface area contributed by atoms with Crippen molar-refractivity contribution < 1.29 is 0 Å². The molecule has 2 nitrogen and oxygen atoms in total. The second kappa shape index (κ2) is 3.44. The van der Waals surface area contributed by atoms with Crippen LogP contribution >= 0.6 is 11.3 Å². The molecule has 0 saturated carbocycles. The van der Waals surface area contributed by atoms with Gasteiger partial charge in [0.15, 0.2) is 0 Å². The predicted octanol–water partition coefficient (Wildman–Crippen LogP) is 3.36. The molecule has 2 heterocycles. The van der Waals surface area contributed by atoms with E-state index < -0.39 is 0 Å². The Morgan fingerprint density at radius 2 is 1.80 bits per heavy atom. The Hall–Kier alpha value is -1.74. The van der Waals surface area contributed by atoms with Gasteiger partial charge >= 0.3 is 0 Å². The van der Waals surface area contributed by atoms with Crippen molar-refractivity contribution in [2.45, 2.75) is 0 Å². The van der Waals surface area contributed by atoms with Crippen LogP contribution in [0.5, 0.6) is 0 Å². The molecule has 0 atom stereocenters. The van der Waals surface area contributed by atoms with Crippen molar-refractivity contribution >= 4 is 21.6 Å². The topological polar surface area (TPSA) is 25.8 Å². The maximum Gasteiger partial charge on any atom is 0.116 e. The van der Waals surface area contributed by atoms with E-state index in [4.69, 9.17) is 0 Å². The Morgan fingerprint density at radius 3 is 2.67 bits per heavy atom. The van der Waals surface area contributed by atoms with Gasteiger partial charge < -0.3 is 0 Å². The first-order valence-electron chi connectivity index (χ1n) is 4.69. The molecule has 3 heteroatoms. The number of benzene rings is 1. The molecule has 0 aliphatic heterocycles. The van der Waals surface area contributed by atoms with Gasteiger partial charge in [-0.3, -0.25) is 0 Å². The van der Waals surface area contributed by atoms with Crippen LogP contribution in [0.1, 0.15) is 0 Å². The second-order valence-electron chi connectivity index (χ2n) is 3.22. The molecule has 3 aromatic rings. The van der Waals surface area contributed by atoms with Crippen molar-refractivity contribution in [1.82, 2.24) is 9.97 Å². The highest BCUT2D eigenvalue weighted by Crippen LogP contribution is 2.28. The lowest BCUT2D eigenvalue weighted by atomic mass is 10.1. The van der Waals surface area contributed by atoms with Crippen LogP contribution in [0, 0.1) is 0 Å². The van der Waals surface area contributed by atoms with E-state index in [-0.39, 0.29) is 0 Å². The molecule has 2 aromatic heterocycles. The average molecular weight is 212 g/mol. The molecule has 0 amide bonds. The highest BCUT2D eigenvalue weighted by atomic mass is 32.1. The summed E-state index contributed by atoms with van der Waals surface area (Å²) in [6.07, 6.45) is 1.62. The molecule has 0 fully saturated rings. The fourth-order valence-corrected chi connectivity index (χ4v) is 2.45. The molecule has 0 radical (unpaired) electrons. The van der Waals surface area contributed by atoms with E-state index in [1.807, 2.05) is 29.6 Å². The maximum atomic E-state index is 4.35. The Kier molecular flexibility index (Phi) is 1.96. The first-order chi connectivity index (χ1) is 7.45. The van der Waals surface area contributed by atoms with Crippen molar-refractivity contribution in [1.29, 1.82) is 0 Å². The number of hydrogen-bond donors (Lipinski definition) is 0. The van der Waals surface area contributed by atoms with E-state index in [1.54, 1.807) is 17.7 Å². The highest BCUT2D eigenvalue weighted by Gasteiger charge is 2.05. The van der Waals surface area contributed by atoms with Crippen molar-refractivity contribution in [2.24, 2.45) is 0 Å². The first kappa shape index (κ1) is 8.56. The predicted molar refractivity (Wildman–Crippen MR) is 62.9 cm³/mol. The molecular formula is C12H8N2S. The summed E-state index contributed by atoms with van der Waals surface area (Å²) >= 11 is 1.68. The summed E-state index contributed by atoms with van der Waals surface area (Å²) in [5, 5.41) is 2.05. The third-order valence-electron chi connectivity index (χ3n) is 2.29. The van der Waals surface area contributed by atoms with Crippen LogP contribution in [-0.2, 0) is 0 Å². The number of nitrogens with zero attached hydrogens (tertiary/aromatic N) is 2. The normalized spacial score (nSPS) is 10.7. The largest absolute Gasteiger partial charge is 0.235 e. The molecular weight excluding hydrogens is 204 g/mol. The van der Waals surface area contributed by atoms with Crippen LogP contribution in [0.15, 0.2) is 48.1 Å². The van der Waals surface area contributed by atoms with Gasteiger partial charge in [-0.2, -0.15) is 0 Å². The summed E-state index contributed by atoms with van der Waals surface area (Å²) in [7, 11) is 0.